The number of aromatic amines is 1. The van der Waals surface area contributed by atoms with E-state index >= 15 is 0 Å². The van der Waals surface area contributed by atoms with Gasteiger partial charge in [0.1, 0.15) is 5.69 Å². The number of Topliss-reactive ketones (excluding diaryl/α,β-unsaturated/α-hetero) is 1. The summed E-state index contributed by atoms with van der Waals surface area (Å²) in [4.78, 5) is 29.7. The Bertz CT molecular complexity index is 735. The molecule has 0 saturated carbocycles. The van der Waals surface area contributed by atoms with Crippen LogP contribution in [-0.2, 0) is 11.3 Å². The van der Waals surface area contributed by atoms with Crippen LogP contribution in [0.15, 0.2) is 30.3 Å². The first-order valence-electron chi connectivity index (χ1n) is 7.92. The molecule has 0 aliphatic rings. The number of likely N-dealkylation sites (N-methyl/N-ethyl adjacent to an activating group) is 1. The smallest absolute Gasteiger partial charge is 0.354 e. The van der Waals surface area contributed by atoms with E-state index in [2.05, 4.69) is 4.98 Å². The van der Waals surface area contributed by atoms with E-state index in [4.69, 9.17) is 4.74 Å². The van der Waals surface area contributed by atoms with E-state index in [9.17, 15) is 9.59 Å². The summed E-state index contributed by atoms with van der Waals surface area (Å²) in [5.41, 5.74) is 3.40. The molecule has 1 atom stereocenters. The SMILES string of the molecule is COC(=O)c1[nH]c(C)c(C(=O)C(C)N(C)Cc2ccccc2)c1C. The van der Waals surface area contributed by atoms with Gasteiger partial charge in [-0.15, -0.1) is 0 Å². The normalized spacial score (nSPS) is 12.2. The molecule has 5 nitrogen and oxygen atoms in total. The second-order valence-corrected chi connectivity index (χ2v) is 6.06. The highest BCUT2D eigenvalue weighted by Gasteiger charge is 2.27. The van der Waals surface area contributed by atoms with E-state index in [1.165, 1.54) is 7.11 Å². The van der Waals surface area contributed by atoms with Gasteiger partial charge in [-0.25, -0.2) is 4.79 Å². The molecule has 128 valence electrons. The van der Waals surface area contributed by atoms with Crippen LogP contribution in [0.5, 0.6) is 0 Å². The van der Waals surface area contributed by atoms with Gasteiger partial charge in [0.05, 0.1) is 13.2 Å². The van der Waals surface area contributed by atoms with Crippen molar-refractivity contribution in [2.24, 2.45) is 0 Å². The van der Waals surface area contributed by atoms with E-state index in [1.807, 2.05) is 49.2 Å². The lowest BCUT2D eigenvalue weighted by molar-refractivity contribution is 0.0594. The molecule has 1 heterocycles. The number of methoxy groups -OCH3 is 1. The first-order valence-corrected chi connectivity index (χ1v) is 7.92. The fourth-order valence-electron chi connectivity index (χ4n) is 2.84. The second kappa shape index (κ2) is 7.45. The molecule has 5 heteroatoms. The molecule has 1 N–H and O–H groups in total. The minimum Gasteiger partial charge on any atom is -0.464 e. The Kier molecular flexibility index (Phi) is 5.57. The molecule has 1 unspecified atom stereocenters. The van der Waals surface area contributed by atoms with Gasteiger partial charge in [-0.05, 0) is 38.9 Å². The number of carbonyl (C=O) groups excluding carboxylic acids is 2. The quantitative estimate of drug-likeness (QED) is 0.654. The van der Waals surface area contributed by atoms with Crippen molar-refractivity contribution in [2.45, 2.75) is 33.4 Å². The van der Waals surface area contributed by atoms with Crippen molar-refractivity contribution < 1.29 is 14.3 Å². The zero-order valence-electron chi connectivity index (χ0n) is 14.8. The molecular weight excluding hydrogens is 304 g/mol. The van der Waals surface area contributed by atoms with E-state index in [0.29, 0.717) is 29.1 Å². The van der Waals surface area contributed by atoms with Crippen LogP contribution in [0.2, 0.25) is 0 Å². The van der Waals surface area contributed by atoms with Gasteiger partial charge >= 0.3 is 5.97 Å². The zero-order chi connectivity index (χ0) is 17.9. The molecule has 0 radical (unpaired) electrons. The van der Waals surface area contributed by atoms with Crippen molar-refractivity contribution in [3.8, 4) is 0 Å². The van der Waals surface area contributed by atoms with Crippen LogP contribution in [0, 0.1) is 13.8 Å². The van der Waals surface area contributed by atoms with Crippen LogP contribution >= 0.6 is 0 Å². The van der Waals surface area contributed by atoms with Crippen LogP contribution in [0.25, 0.3) is 0 Å². The summed E-state index contributed by atoms with van der Waals surface area (Å²) in [5, 5.41) is 0. The second-order valence-electron chi connectivity index (χ2n) is 6.06. The lowest BCUT2D eigenvalue weighted by atomic mass is 10.00. The van der Waals surface area contributed by atoms with Crippen LogP contribution < -0.4 is 0 Å². The van der Waals surface area contributed by atoms with Gasteiger partial charge in [-0.2, -0.15) is 0 Å². The number of hydrogen-bond donors (Lipinski definition) is 1. The van der Waals surface area contributed by atoms with Gasteiger partial charge in [-0.3, -0.25) is 9.69 Å². The zero-order valence-corrected chi connectivity index (χ0v) is 14.8. The number of ketones is 1. The summed E-state index contributed by atoms with van der Waals surface area (Å²) in [5.74, 6) is -0.463. The molecule has 0 bridgehead atoms. The van der Waals surface area contributed by atoms with Gasteiger partial charge < -0.3 is 9.72 Å². The third-order valence-electron chi connectivity index (χ3n) is 4.39. The molecule has 0 aliphatic carbocycles. The number of aryl methyl sites for hydroxylation is 1. The Balaban J connectivity index is 2.22. The molecule has 2 aromatic rings. The number of aromatic nitrogens is 1. The van der Waals surface area contributed by atoms with Gasteiger partial charge in [0.15, 0.2) is 5.78 Å². The van der Waals surface area contributed by atoms with Gasteiger partial charge in [0, 0.05) is 17.8 Å². The first kappa shape index (κ1) is 17.9. The molecule has 2 rings (SSSR count). The molecule has 0 aliphatic heterocycles. The molecule has 24 heavy (non-hydrogen) atoms. The lowest BCUT2D eigenvalue weighted by Crippen LogP contribution is -2.36. The summed E-state index contributed by atoms with van der Waals surface area (Å²) in [6.45, 7) is 6.14. The van der Waals surface area contributed by atoms with Crippen LogP contribution in [0.4, 0.5) is 0 Å². The van der Waals surface area contributed by atoms with Crippen molar-refractivity contribution in [3.63, 3.8) is 0 Å². The number of H-pyrrole nitrogens is 1. The number of carbonyl (C=O) groups is 2. The Hall–Kier alpha value is -2.40. The molecular formula is C19H24N2O3. The summed E-state index contributed by atoms with van der Waals surface area (Å²) >= 11 is 0. The Labute approximate surface area is 142 Å². The molecule has 0 saturated heterocycles. The van der Waals surface area contributed by atoms with Crippen LogP contribution in [0.3, 0.4) is 0 Å². The first-order chi connectivity index (χ1) is 11.4. The van der Waals surface area contributed by atoms with E-state index in [0.717, 1.165) is 5.56 Å². The molecule has 0 fully saturated rings. The highest BCUT2D eigenvalue weighted by Crippen LogP contribution is 2.22. The predicted octanol–water partition coefficient (Wildman–Crippen LogP) is 3.12. The average molecular weight is 328 g/mol. The maximum Gasteiger partial charge on any atom is 0.354 e. The number of esters is 1. The third-order valence-corrected chi connectivity index (χ3v) is 4.39. The van der Waals surface area contributed by atoms with Gasteiger partial charge in [-0.1, -0.05) is 30.3 Å². The standard InChI is InChI=1S/C19H24N2O3/c1-12-16(13(2)20-17(12)19(23)24-5)18(22)14(3)21(4)11-15-9-7-6-8-10-15/h6-10,14,20H,11H2,1-5H3. The topological polar surface area (TPSA) is 62.4 Å². The van der Waals surface area contributed by atoms with E-state index < -0.39 is 5.97 Å². The average Bonchev–Trinajstić information content (AvgIpc) is 2.88. The minimum absolute atomic E-state index is 0.00478. The fraction of sp³-hybridized carbons (Fsp3) is 0.368. The summed E-state index contributed by atoms with van der Waals surface area (Å²) < 4.78 is 4.76. The third kappa shape index (κ3) is 3.57. The van der Waals surface area contributed by atoms with Crippen molar-refractivity contribution in [2.75, 3.05) is 14.2 Å². The molecule has 1 aromatic carbocycles. The number of benzene rings is 1. The highest BCUT2D eigenvalue weighted by molar-refractivity contribution is 6.05. The number of hydrogen-bond acceptors (Lipinski definition) is 4. The summed E-state index contributed by atoms with van der Waals surface area (Å²) in [6.07, 6.45) is 0. The van der Waals surface area contributed by atoms with Crippen molar-refractivity contribution in [3.05, 3.63) is 58.4 Å². The lowest BCUT2D eigenvalue weighted by Gasteiger charge is -2.24. The predicted molar refractivity (Wildman–Crippen MR) is 93.3 cm³/mol. The highest BCUT2D eigenvalue weighted by atomic mass is 16.5. The number of nitrogens with one attached hydrogen (secondary N) is 1. The minimum atomic E-state index is -0.458. The van der Waals surface area contributed by atoms with E-state index in [1.54, 1.807) is 13.8 Å². The van der Waals surface area contributed by atoms with Gasteiger partial charge in [0.25, 0.3) is 0 Å². The van der Waals surface area contributed by atoms with Crippen molar-refractivity contribution in [1.29, 1.82) is 0 Å². The Morgan fingerprint density at radius 1 is 1.21 bits per heavy atom. The van der Waals surface area contributed by atoms with Gasteiger partial charge in [0.2, 0.25) is 0 Å². The maximum atomic E-state index is 12.9. The van der Waals surface area contributed by atoms with Crippen molar-refractivity contribution in [1.82, 2.24) is 9.88 Å². The van der Waals surface area contributed by atoms with E-state index in [-0.39, 0.29) is 11.8 Å². The number of ether oxygens (including phenoxy) is 1. The summed E-state index contributed by atoms with van der Waals surface area (Å²) in [6, 6.07) is 9.71. The largest absolute Gasteiger partial charge is 0.464 e. The molecule has 0 spiro atoms. The Morgan fingerprint density at radius 3 is 2.42 bits per heavy atom. The maximum absolute atomic E-state index is 12.9. The van der Waals surface area contributed by atoms with Crippen LogP contribution in [0.1, 0.15) is 44.6 Å². The number of nitrogens with zero attached hydrogens (tertiary/aromatic N) is 1. The molecule has 1 aromatic heterocycles. The Morgan fingerprint density at radius 2 is 1.83 bits per heavy atom. The summed E-state index contributed by atoms with van der Waals surface area (Å²) in [7, 11) is 3.25. The monoisotopic (exact) mass is 328 g/mol. The van der Waals surface area contributed by atoms with Crippen LogP contribution in [-0.4, -0.2) is 41.8 Å². The molecule has 0 amide bonds. The number of rotatable bonds is 6. The van der Waals surface area contributed by atoms with Crippen molar-refractivity contribution >= 4 is 11.8 Å². The fourth-order valence-corrected chi connectivity index (χ4v) is 2.84.